The molecule has 0 bridgehead atoms. The molecule has 1 atom stereocenters. The lowest BCUT2D eigenvalue weighted by Gasteiger charge is -2.30. The van der Waals surface area contributed by atoms with E-state index in [4.69, 9.17) is 5.11 Å². The Bertz CT molecular complexity index is 636. The molecule has 1 unspecified atom stereocenters. The maximum Gasteiger partial charge on any atom is 0.335 e. The van der Waals surface area contributed by atoms with Crippen molar-refractivity contribution in [2.45, 2.75) is 18.9 Å². The zero-order valence-electron chi connectivity index (χ0n) is 11.2. The highest BCUT2D eigenvalue weighted by Crippen LogP contribution is 2.33. The van der Waals surface area contributed by atoms with Gasteiger partial charge in [0.25, 0.3) is 0 Å². The topological polar surface area (TPSA) is 49.3 Å². The maximum absolute atomic E-state index is 10.9. The maximum atomic E-state index is 10.9. The standard InChI is InChI=1S/C17H17NO2/c19-17(20)14-6-3-4-12(8-14)10-18-11-15-9-13-5-1-2-7-16(13)15/h1-8,15,18H,9-11H2,(H,19,20). The summed E-state index contributed by atoms with van der Waals surface area (Å²) >= 11 is 0. The average Bonchev–Trinajstić information content (AvgIpc) is 2.44. The molecule has 0 heterocycles. The molecule has 0 aromatic heterocycles. The third kappa shape index (κ3) is 2.58. The predicted molar refractivity (Wildman–Crippen MR) is 78.0 cm³/mol. The van der Waals surface area contributed by atoms with Crippen LogP contribution in [-0.2, 0) is 13.0 Å². The van der Waals surface area contributed by atoms with Crippen LogP contribution in [0, 0.1) is 0 Å². The lowest BCUT2D eigenvalue weighted by Crippen LogP contribution is -2.28. The number of carboxylic acids is 1. The number of hydrogen-bond acceptors (Lipinski definition) is 2. The molecule has 0 saturated heterocycles. The molecule has 0 fully saturated rings. The van der Waals surface area contributed by atoms with E-state index >= 15 is 0 Å². The molecular weight excluding hydrogens is 250 g/mol. The Morgan fingerprint density at radius 3 is 2.85 bits per heavy atom. The molecule has 0 aliphatic heterocycles. The SMILES string of the molecule is O=C(O)c1cccc(CNCC2Cc3ccccc32)c1. The predicted octanol–water partition coefficient (Wildman–Crippen LogP) is 2.81. The largest absolute Gasteiger partial charge is 0.478 e. The van der Waals surface area contributed by atoms with Gasteiger partial charge in [0.15, 0.2) is 0 Å². The summed E-state index contributed by atoms with van der Waals surface area (Å²) in [5.74, 6) is -0.284. The Kier molecular flexibility index (Phi) is 3.52. The Morgan fingerprint density at radius 2 is 2.05 bits per heavy atom. The van der Waals surface area contributed by atoms with Crippen molar-refractivity contribution >= 4 is 5.97 Å². The number of nitrogens with one attached hydrogen (secondary N) is 1. The Morgan fingerprint density at radius 1 is 1.20 bits per heavy atom. The quantitative estimate of drug-likeness (QED) is 0.875. The minimum atomic E-state index is -0.875. The van der Waals surface area contributed by atoms with Crippen LogP contribution in [0.5, 0.6) is 0 Å². The van der Waals surface area contributed by atoms with Gasteiger partial charge in [-0.3, -0.25) is 0 Å². The minimum Gasteiger partial charge on any atom is -0.478 e. The van der Waals surface area contributed by atoms with E-state index in [1.54, 1.807) is 18.2 Å². The van der Waals surface area contributed by atoms with Crippen LogP contribution in [0.2, 0.25) is 0 Å². The fourth-order valence-electron chi connectivity index (χ4n) is 2.75. The second-order valence-electron chi connectivity index (χ2n) is 5.24. The summed E-state index contributed by atoms with van der Waals surface area (Å²) in [6.45, 7) is 1.65. The van der Waals surface area contributed by atoms with E-state index in [-0.39, 0.29) is 0 Å². The van der Waals surface area contributed by atoms with Gasteiger partial charge in [0, 0.05) is 19.0 Å². The van der Waals surface area contributed by atoms with Crippen LogP contribution in [0.1, 0.15) is 33.0 Å². The minimum absolute atomic E-state index is 0.346. The van der Waals surface area contributed by atoms with Gasteiger partial charge in [0.05, 0.1) is 5.56 Å². The van der Waals surface area contributed by atoms with Crippen molar-refractivity contribution < 1.29 is 9.90 Å². The van der Waals surface area contributed by atoms with Crippen LogP contribution < -0.4 is 5.32 Å². The zero-order valence-corrected chi connectivity index (χ0v) is 11.2. The fraction of sp³-hybridized carbons (Fsp3) is 0.235. The van der Waals surface area contributed by atoms with Crippen molar-refractivity contribution in [3.8, 4) is 0 Å². The van der Waals surface area contributed by atoms with Gasteiger partial charge in [0.1, 0.15) is 0 Å². The van der Waals surface area contributed by atoms with Crippen molar-refractivity contribution in [1.82, 2.24) is 5.32 Å². The number of benzene rings is 2. The number of rotatable bonds is 5. The van der Waals surface area contributed by atoms with Crippen LogP contribution in [0.3, 0.4) is 0 Å². The molecule has 102 valence electrons. The van der Waals surface area contributed by atoms with Crippen molar-refractivity contribution in [3.63, 3.8) is 0 Å². The van der Waals surface area contributed by atoms with Crippen LogP contribution in [0.15, 0.2) is 48.5 Å². The summed E-state index contributed by atoms with van der Waals surface area (Å²) in [5.41, 5.74) is 4.25. The lowest BCUT2D eigenvalue weighted by atomic mass is 9.77. The number of hydrogen-bond donors (Lipinski definition) is 2. The van der Waals surface area contributed by atoms with E-state index < -0.39 is 5.97 Å². The monoisotopic (exact) mass is 267 g/mol. The normalized spacial score (nSPS) is 16.3. The molecule has 1 aliphatic carbocycles. The van der Waals surface area contributed by atoms with Crippen LogP contribution >= 0.6 is 0 Å². The Hall–Kier alpha value is -2.13. The van der Waals surface area contributed by atoms with E-state index in [0.29, 0.717) is 18.0 Å². The first kappa shape index (κ1) is 12.9. The highest BCUT2D eigenvalue weighted by atomic mass is 16.4. The average molecular weight is 267 g/mol. The molecular formula is C17H17NO2. The summed E-state index contributed by atoms with van der Waals surface area (Å²) in [4.78, 5) is 10.9. The molecule has 0 spiro atoms. The Balaban J connectivity index is 1.54. The second kappa shape index (κ2) is 5.47. The van der Waals surface area contributed by atoms with Gasteiger partial charge in [-0.2, -0.15) is 0 Å². The molecule has 2 N–H and O–H groups in total. The highest BCUT2D eigenvalue weighted by Gasteiger charge is 2.24. The fourth-order valence-corrected chi connectivity index (χ4v) is 2.75. The molecule has 1 aliphatic rings. The van der Waals surface area contributed by atoms with Crippen LogP contribution in [-0.4, -0.2) is 17.6 Å². The first-order chi connectivity index (χ1) is 9.74. The van der Waals surface area contributed by atoms with Gasteiger partial charge in [-0.05, 0) is 35.2 Å². The van der Waals surface area contributed by atoms with Crippen molar-refractivity contribution in [3.05, 3.63) is 70.8 Å². The van der Waals surface area contributed by atoms with Gasteiger partial charge in [-0.15, -0.1) is 0 Å². The van der Waals surface area contributed by atoms with Crippen LogP contribution in [0.4, 0.5) is 0 Å². The van der Waals surface area contributed by atoms with Gasteiger partial charge in [0.2, 0.25) is 0 Å². The first-order valence-electron chi connectivity index (χ1n) is 6.85. The number of carboxylic acid groups (broad SMARTS) is 1. The van der Waals surface area contributed by atoms with E-state index in [1.165, 1.54) is 11.1 Å². The number of carbonyl (C=O) groups is 1. The third-order valence-corrected chi connectivity index (χ3v) is 3.86. The molecule has 0 saturated carbocycles. The summed E-state index contributed by atoms with van der Waals surface area (Å²) < 4.78 is 0. The summed E-state index contributed by atoms with van der Waals surface area (Å²) in [6.07, 6.45) is 1.14. The molecule has 3 nitrogen and oxygen atoms in total. The number of fused-ring (bicyclic) bond motifs is 1. The van der Waals surface area contributed by atoms with E-state index in [2.05, 4.69) is 29.6 Å². The van der Waals surface area contributed by atoms with Crippen molar-refractivity contribution in [2.75, 3.05) is 6.54 Å². The van der Waals surface area contributed by atoms with E-state index in [1.807, 2.05) is 6.07 Å². The molecule has 0 radical (unpaired) electrons. The molecule has 20 heavy (non-hydrogen) atoms. The summed E-state index contributed by atoms with van der Waals surface area (Å²) in [6, 6.07) is 15.6. The van der Waals surface area contributed by atoms with Gasteiger partial charge < -0.3 is 10.4 Å². The molecule has 2 aromatic rings. The molecule has 2 aromatic carbocycles. The third-order valence-electron chi connectivity index (χ3n) is 3.86. The smallest absolute Gasteiger partial charge is 0.335 e. The second-order valence-corrected chi connectivity index (χ2v) is 5.24. The van der Waals surface area contributed by atoms with Crippen molar-refractivity contribution in [1.29, 1.82) is 0 Å². The van der Waals surface area contributed by atoms with Crippen molar-refractivity contribution in [2.24, 2.45) is 0 Å². The van der Waals surface area contributed by atoms with Gasteiger partial charge in [-0.1, -0.05) is 36.4 Å². The lowest BCUT2D eigenvalue weighted by molar-refractivity contribution is 0.0696. The Labute approximate surface area is 118 Å². The molecule has 3 rings (SSSR count). The first-order valence-corrected chi connectivity index (χ1v) is 6.85. The number of aromatic carboxylic acids is 1. The zero-order chi connectivity index (χ0) is 13.9. The van der Waals surface area contributed by atoms with Crippen LogP contribution in [0.25, 0.3) is 0 Å². The van der Waals surface area contributed by atoms with Gasteiger partial charge >= 0.3 is 5.97 Å². The molecule has 3 heteroatoms. The summed E-state index contributed by atoms with van der Waals surface area (Å²) in [5, 5.41) is 12.4. The molecule has 0 amide bonds. The van der Waals surface area contributed by atoms with E-state index in [9.17, 15) is 4.79 Å². The summed E-state index contributed by atoms with van der Waals surface area (Å²) in [7, 11) is 0. The van der Waals surface area contributed by atoms with Gasteiger partial charge in [-0.25, -0.2) is 4.79 Å². The van der Waals surface area contributed by atoms with E-state index in [0.717, 1.165) is 18.5 Å². The highest BCUT2D eigenvalue weighted by molar-refractivity contribution is 5.87.